The minimum atomic E-state index is 0.284. The molecular formula is C15H31N3O. The normalized spacial score (nSPS) is 26.0. The summed E-state index contributed by atoms with van der Waals surface area (Å²) in [5.41, 5.74) is 0. The number of hydrogen-bond acceptors (Lipinski definition) is 2. The van der Waals surface area contributed by atoms with Crippen LogP contribution in [0.5, 0.6) is 0 Å². The van der Waals surface area contributed by atoms with Crippen molar-refractivity contribution >= 4 is 5.96 Å². The quantitative estimate of drug-likeness (QED) is 0.575. The number of nitrogens with zero attached hydrogens (tertiary/aromatic N) is 1. The van der Waals surface area contributed by atoms with E-state index in [2.05, 4.69) is 31.4 Å². The monoisotopic (exact) mass is 269 g/mol. The van der Waals surface area contributed by atoms with Crippen LogP contribution in [0.25, 0.3) is 0 Å². The molecule has 0 aliphatic heterocycles. The second-order valence-electron chi connectivity index (χ2n) is 5.74. The number of guanidine groups is 1. The van der Waals surface area contributed by atoms with Crippen molar-refractivity contribution in [2.45, 2.75) is 52.5 Å². The first-order valence-corrected chi connectivity index (χ1v) is 7.71. The van der Waals surface area contributed by atoms with Crippen molar-refractivity contribution < 1.29 is 4.74 Å². The Balaban J connectivity index is 2.46. The average Bonchev–Trinajstić information content (AvgIpc) is 2.38. The molecule has 1 rings (SSSR count). The third kappa shape index (κ3) is 6.28. The van der Waals surface area contributed by atoms with E-state index in [9.17, 15) is 0 Å². The van der Waals surface area contributed by atoms with Crippen molar-refractivity contribution in [3.05, 3.63) is 0 Å². The van der Waals surface area contributed by atoms with Gasteiger partial charge in [0.05, 0.1) is 6.61 Å². The average molecular weight is 269 g/mol. The fourth-order valence-electron chi connectivity index (χ4n) is 2.72. The maximum absolute atomic E-state index is 5.15. The standard InChI is InChI=1S/C15H31N3O/c1-5-16-15(18-13(3)11-19-4)17-10-14-9-7-6-8-12(14)2/h12-14H,5-11H2,1-4H3,(H2,16,17,18). The van der Waals surface area contributed by atoms with E-state index >= 15 is 0 Å². The molecule has 0 saturated heterocycles. The van der Waals surface area contributed by atoms with E-state index in [0.717, 1.165) is 30.9 Å². The smallest absolute Gasteiger partial charge is 0.191 e. The minimum absolute atomic E-state index is 0.284. The SMILES string of the molecule is CCNC(=NCC1CCCCC1C)NC(C)COC. The summed E-state index contributed by atoms with van der Waals surface area (Å²) in [5.74, 6) is 2.49. The number of ether oxygens (including phenoxy) is 1. The number of rotatable bonds is 6. The van der Waals surface area contributed by atoms with Crippen LogP contribution in [0.1, 0.15) is 46.5 Å². The van der Waals surface area contributed by atoms with Gasteiger partial charge in [0.25, 0.3) is 0 Å². The predicted octanol–water partition coefficient (Wildman–Crippen LogP) is 2.40. The number of aliphatic imine (C=N–C) groups is 1. The molecule has 0 radical (unpaired) electrons. The second-order valence-corrected chi connectivity index (χ2v) is 5.74. The first kappa shape index (κ1) is 16.3. The lowest BCUT2D eigenvalue weighted by atomic mass is 9.80. The highest BCUT2D eigenvalue weighted by Gasteiger charge is 2.20. The molecule has 0 bridgehead atoms. The van der Waals surface area contributed by atoms with Crippen LogP contribution < -0.4 is 10.6 Å². The van der Waals surface area contributed by atoms with Gasteiger partial charge in [-0.25, -0.2) is 0 Å². The lowest BCUT2D eigenvalue weighted by Gasteiger charge is -2.27. The van der Waals surface area contributed by atoms with Crippen molar-refractivity contribution in [3.63, 3.8) is 0 Å². The van der Waals surface area contributed by atoms with Crippen molar-refractivity contribution in [1.29, 1.82) is 0 Å². The molecule has 1 saturated carbocycles. The highest BCUT2D eigenvalue weighted by molar-refractivity contribution is 5.80. The topological polar surface area (TPSA) is 45.7 Å². The molecule has 19 heavy (non-hydrogen) atoms. The summed E-state index contributed by atoms with van der Waals surface area (Å²) in [6, 6.07) is 0.284. The molecule has 2 N–H and O–H groups in total. The molecule has 1 aliphatic rings. The summed E-state index contributed by atoms with van der Waals surface area (Å²) in [7, 11) is 1.73. The fourth-order valence-corrected chi connectivity index (χ4v) is 2.72. The first-order valence-electron chi connectivity index (χ1n) is 7.71. The Bertz CT molecular complexity index is 268. The van der Waals surface area contributed by atoms with Gasteiger partial charge in [0.15, 0.2) is 5.96 Å². The summed E-state index contributed by atoms with van der Waals surface area (Å²) in [6.07, 6.45) is 5.46. The van der Waals surface area contributed by atoms with Crippen molar-refractivity contribution in [3.8, 4) is 0 Å². The number of nitrogens with one attached hydrogen (secondary N) is 2. The molecule has 112 valence electrons. The van der Waals surface area contributed by atoms with Crippen LogP contribution >= 0.6 is 0 Å². The predicted molar refractivity (Wildman–Crippen MR) is 81.6 cm³/mol. The molecule has 0 aromatic carbocycles. The second kappa shape index (κ2) is 9.18. The van der Waals surface area contributed by atoms with Gasteiger partial charge >= 0.3 is 0 Å². The lowest BCUT2D eigenvalue weighted by Crippen LogP contribution is -2.44. The van der Waals surface area contributed by atoms with Gasteiger partial charge in [0, 0.05) is 26.2 Å². The Kier molecular flexibility index (Phi) is 7.87. The van der Waals surface area contributed by atoms with Crippen LogP contribution in [0, 0.1) is 11.8 Å². The van der Waals surface area contributed by atoms with Crippen LogP contribution in [0.4, 0.5) is 0 Å². The van der Waals surface area contributed by atoms with Gasteiger partial charge in [-0.3, -0.25) is 4.99 Å². The molecule has 4 nitrogen and oxygen atoms in total. The molecule has 0 heterocycles. The molecule has 4 heteroatoms. The van der Waals surface area contributed by atoms with Gasteiger partial charge < -0.3 is 15.4 Å². The first-order chi connectivity index (χ1) is 9.17. The molecule has 0 aromatic rings. The third-order valence-corrected chi connectivity index (χ3v) is 3.92. The molecule has 0 amide bonds. The Morgan fingerprint density at radius 2 is 2.11 bits per heavy atom. The van der Waals surface area contributed by atoms with Gasteiger partial charge in [0.2, 0.25) is 0 Å². The Labute approximate surface area is 118 Å². The fraction of sp³-hybridized carbons (Fsp3) is 0.933. The van der Waals surface area contributed by atoms with Crippen LogP contribution in [0.3, 0.4) is 0 Å². The van der Waals surface area contributed by atoms with Crippen molar-refractivity contribution in [2.24, 2.45) is 16.8 Å². The van der Waals surface area contributed by atoms with Crippen LogP contribution in [-0.2, 0) is 4.74 Å². The maximum atomic E-state index is 5.15. The number of hydrogen-bond donors (Lipinski definition) is 2. The Hall–Kier alpha value is -0.770. The third-order valence-electron chi connectivity index (χ3n) is 3.92. The molecule has 3 unspecified atom stereocenters. The lowest BCUT2D eigenvalue weighted by molar-refractivity contribution is 0.179. The van der Waals surface area contributed by atoms with E-state index in [0.29, 0.717) is 6.61 Å². The van der Waals surface area contributed by atoms with E-state index in [4.69, 9.17) is 9.73 Å². The zero-order valence-corrected chi connectivity index (χ0v) is 13.0. The summed E-state index contributed by atoms with van der Waals surface area (Å²) in [6.45, 7) is 9.11. The largest absolute Gasteiger partial charge is 0.383 e. The summed E-state index contributed by atoms with van der Waals surface area (Å²) < 4.78 is 5.15. The molecule has 0 aromatic heterocycles. The molecular weight excluding hydrogens is 238 g/mol. The summed E-state index contributed by atoms with van der Waals surface area (Å²) in [5, 5.41) is 6.70. The van der Waals surface area contributed by atoms with E-state index in [1.54, 1.807) is 7.11 Å². The van der Waals surface area contributed by atoms with Crippen LogP contribution in [0.15, 0.2) is 4.99 Å². The van der Waals surface area contributed by atoms with Crippen molar-refractivity contribution in [2.75, 3.05) is 26.8 Å². The minimum Gasteiger partial charge on any atom is -0.383 e. The zero-order valence-electron chi connectivity index (χ0n) is 13.0. The van der Waals surface area contributed by atoms with Crippen LogP contribution in [0.2, 0.25) is 0 Å². The van der Waals surface area contributed by atoms with Gasteiger partial charge in [-0.15, -0.1) is 0 Å². The Morgan fingerprint density at radius 1 is 1.37 bits per heavy atom. The van der Waals surface area contributed by atoms with Gasteiger partial charge in [-0.1, -0.05) is 26.2 Å². The van der Waals surface area contributed by atoms with E-state index < -0.39 is 0 Å². The van der Waals surface area contributed by atoms with E-state index in [1.165, 1.54) is 25.7 Å². The van der Waals surface area contributed by atoms with Gasteiger partial charge in [-0.05, 0) is 32.1 Å². The van der Waals surface area contributed by atoms with Crippen molar-refractivity contribution in [1.82, 2.24) is 10.6 Å². The summed E-state index contributed by atoms with van der Waals surface area (Å²) in [4.78, 5) is 4.75. The zero-order chi connectivity index (χ0) is 14.1. The molecule has 1 aliphatic carbocycles. The maximum Gasteiger partial charge on any atom is 0.191 e. The van der Waals surface area contributed by atoms with E-state index in [1.807, 2.05) is 0 Å². The van der Waals surface area contributed by atoms with E-state index in [-0.39, 0.29) is 6.04 Å². The number of methoxy groups -OCH3 is 1. The molecule has 3 atom stereocenters. The highest BCUT2D eigenvalue weighted by atomic mass is 16.5. The van der Waals surface area contributed by atoms with Gasteiger partial charge in [0.1, 0.15) is 0 Å². The molecule has 1 fully saturated rings. The Morgan fingerprint density at radius 3 is 2.74 bits per heavy atom. The summed E-state index contributed by atoms with van der Waals surface area (Å²) >= 11 is 0. The van der Waals surface area contributed by atoms with Crippen LogP contribution in [-0.4, -0.2) is 38.8 Å². The van der Waals surface area contributed by atoms with Gasteiger partial charge in [-0.2, -0.15) is 0 Å². The molecule has 0 spiro atoms. The highest BCUT2D eigenvalue weighted by Crippen LogP contribution is 2.29.